The molecule has 2 heterocycles. The highest BCUT2D eigenvalue weighted by molar-refractivity contribution is 5.44. The quantitative estimate of drug-likeness (QED) is 0.911. The monoisotopic (exact) mass is 300 g/mol. The molecule has 1 aliphatic carbocycles. The summed E-state index contributed by atoms with van der Waals surface area (Å²) in [5.74, 6) is 1.26. The van der Waals surface area contributed by atoms with Crippen LogP contribution in [0.4, 0.5) is 0 Å². The van der Waals surface area contributed by atoms with Crippen LogP contribution in [-0.2, 0) is 28.5 Å². The van der Waals surface area contributed by atoms with Crippen molar-refractivity contribution in [3.8, 4) is 5.75 Å². The number of rotatable bonds is 2. The van der Waals surface area contributed by atoms with Gasteiger partial charge in [0.15, 0.2) is 5.82 Å². The predicted octanol–water partition coefficient (Wildman–Crippen LogP) is 1.57. The summed E-state index contributed by atoms with van der Waals surface area (Å²) in [6.07, 6.45) is 3.55. The summed E-state index contributed by atoms with van der Waals surface area (Å²) >= 11 is 0. The van der Waals surface area contributed by atoms with Gasteiger partial charge in [-0.05, 0) is 51.9 Å². The maximum absolute atomic E-state index is 9.91. The standard InChI is InChI=1S/C16H20N4O2/c1-15-6-5-14-17-18-19-20(14)16(9-15,10-22-2)8-11-3-4-12(21)7-13(11)15/h3-4,7,21H,5-6,8-10H2,1-2H3. The molecule has 22 heavy (non-hydrogen) atoms. The smallest absolute Gasteiger partial charge is 0.152 e. The normalized spacial score (nSPS) is 29.5. The number of aromatic hydroxyl groups is 1. The lowest BCUT2D eigenvalue weighted by molar-refractivity contribution is 0.0463. The molecule has 6 heteroatoms. The van der Waals surface area contributed by atoms with Crippen LogP contribution in [0.5, 0.6) is 5.75 Å². The molecule has 2 bridgehead atoms. The Balaban J connectivity index is 1.94. The van der Waals surface area contributed by atoms with Crippen molar-refractivity contribution in [2.45, 2.75) is 43.6 Å². The number of benzene rings is 1. The molecule has 4 rings (SSSR count). The fourth-order valence-electron chi connectivity index (χ4n) is 4.44. The predicted molar refractivity (Wildman–Crippen MR) is 79.8 cm³/mol. The highest BCUT2D eigenvalue weighted by atomic mass is 16.5. The third kappa shape index (κ3) is 1.80. The Morgan fingerprint density at radius 2 is 2.27 bits per heavy atom. The number of methoxy groups -OCH3 is 1. The van der Waals surface area contributed by atoms with Crippen molar-refractivity contribution < 1.29 is 9.84 Å². The summed E-state index contributed by atoms with van der Waals surface area (Å²) in [7, 11) is 1.73. The van der Waals surface area contributed by atoms with E-state index in [0.717, 1.165) is 31.5 Å². The van der Waals surface area contributed by atoms with Gasteiger partial charge in [-0.3, -0.25) is 0 Å². The molecule has 0 radical (unpaired) electrons. The van der Waals surface area contributed by atoms with Crippen molar-refractivity contribution in [3.05, 3.63) is 35.2 Å². The second-order valence-corrected chi connectivity index (χ2v) is 6.92. The number of phenols is 1. The maximum Gasteiger partial charge on any atom is 0.152 e. The van der Waals surface area contributed by atoms with E-state index in [4.69, 9.17) is 4.74 Å². The molecule has 1 N–H and O–H groups in total. The lowest BCUT2D eigenvalue weighted by atomic mass is 9.63. The number of tetrazole rings is 1. The zero-order chi connectivity index (χ0) is 15.4. The van der Waals surface area contributed by atoms with Crippen LogP contribution in [0.1, 0.15) is 36.7 Å². The van der Waals surface area contributed by atoms with Gasteiger partial charge in [0.2, 0.25) is 0 Å². The molecule has 2 unspecified atom stereocenters. The van der Waals surface area contributed by atoms with Crippen LogP contribution in [-0.4, -0.2) is 39.0 Å². The number of aromatic nitrogens is 4. The second kappa shape index (κ2) is 4.52. The first-order chi connectivity index (χ1) is 10.6. The van der Waals surface area contributed by atoms with Crippen molar-refractivity contribution in [1.82, 2.24) is 20.2 Å². The van der Waals surface area contributed by atoms with Crippen molar-refractivity contribution in [2.75, 3.05) is 13.7 Å². The first-order valence-electron chi connectivity index (χ1n) is 7.65. The summed E-state index contributed by atoms with van der Waals surface area (Å²) in [4.78, 5) is 0. The van der Waals surface area contributed by atoms with E-state index < -0.39 is 0 Å². The topological polar surface area (TPSA) is 73.1 Å². The molecule has 0 saturated carbocycles. The highest BCUT2D eigenvalue weighted by Gasteiger charge is 2.50. The van der Waals surface area contributed by atoms with Gasteiger partial charge in [0, 0.05) is 20.0 Å². The van der Waals surface area contributed by atoms with Gasteiger partial charge in [-0.1, -0.05) is 13.0 Å². The summed E-state index contributed by atoms with van der Waals surface area (Å²) in [6, 6.07) is 5.72. The molecule has 0 saturated heterocycles. The highest BCUT2D eigenvalue weighted by Crippen LogP contribution is 2.50. The van der Waals surface area contributed by atoms with Crippen LogP contribution in [0.15, 0.2) is 18.2 Å². The first-order valence-corrected chi connectivity index (χ1v) is 7.65. The Hall–Kier alpha value is -1.95. The van der Waals surface area contributed by atoms with Crippen LogP contribution >= 0.6 is 0 Å². The molecule has 2 atom stereocenters. The molecular weight excluding hydrogens is 280 g/mol. The van der Waals surface area contributed by atoms with Crippen LogP contribution < -0.4 is 0 Å². The van der Waals surface area contributed by atoms with Crippen LogP contribution in [0.3, 0.4) is 0 Å². The third-order valence-electron chi connectivity index (χ3n) is 5.28. The van der Waals surface area contributed by atoms with Crippen molar-refractivity contribution in [1.29, 1.82) is 0 Å². The zero-order valence-electron chi connectivity index (χ0n) is 12.9. The van der Waals surface area contributed by atoms with E-state index in [1.165, 1.54) is 11.1 Å². The molecule has 1 aliphatic heterocycles. The minimum atomic E-state index is -0.247. The maximum atomic E-state index is 9.91. The average Bonchev–Trinajstić information content (AvgIpc) is 2.93. The molecule has 0 spiro atoms. The first kappa shape index (κ1) is 13.7. The molecule has 2 aromatic rings. The van der Waals surface area contributed by atoms with Crippen LogP contribution in [0.25, 0.3) is 0 Å². The van der Waals surface area contributed by atoms with Gasteiger partial charge in [0.1, 0.15) is 5.75 Å². The van der Waals surface area contributed by atoms with E-state index in [9.17, 15) is 5.11 Å². The number of fused-ring (bicyclic) bond motifs is 6. The Bertz CT molecular complexity index is 729. The number of hydrogen-bond donors (Lipinski definition) is 1. The van der Waals surface area contributed by atoms with E-state index >= 15 is 0 Å². The van der Waals surface area contributed by atoms with Crippen molar-refractivity contribution >= 4 is 0 Å². The fourth-order valence-corrected chi connectivity index (χ4v) is 4.44. The molecule has 0 fully saturated rings. The Morgan fingerprint density at radius 1 is 1.41 bits per heavy atom. The average molecular weight is 300 g/mol. The van der Waals surface area contributed by atoms with E-state index in [0.29, 0.717) is 12.4 Å². The summed E-state index contributed by atoms with van der Waals surface area (Å²) in [5, 5.41) is 22.3. The van der Waals surface area contributed by atoms with Gasteiger partial charge < -0.3 is 9.84 Å². The Morgan fingerprint density at radius 3 is 3.09 bits per heavy atom. The molecule has 0 amide bonds. The SMILES string of the molecule is COCC12Cc3ccc(O)cc3C(C)(CCc3nnnn31)C2. The molecule has 1 aromatic carbocycles. The number of hydrogen-bond acceptors (Lipinski definition) is 5. The summed E-state index contributed by atoms with van der Waals surface area (Å²) in [5.41, 5.74) is 2.24. The molecule has 6 nitrogen and oxygen atoms in total. The van der Waals surface area contributed by atoms with Gasteiger partial charge in [-0.15, -0.1) is 5.10 Å². The van der Waals surface area contributed by atoms with E-state index in [2.05, 4.69) is 22.4 Å². The number of phenolic OH excluding ortho intramolecular Hbond substituents is 1. The lowest BCUT2D eigenvalue weighted by Gasteiger charge is -2.45. The zero-order valence-corrected chi connectivity index (χ0v) is 12.9. The minimum Gasteiger partial charge on any atom is -0.508 e. The van der Waals surface area contributed by atoms with Gasteiger partial charge >= 0.3 is 0 Å². The van der Waals surface area contributed by atoms with Crippen molar-refractivity contribution in [3.63, 3.8) is 0 Å². The van der Waals surface area contributed by atoms with Gasteiger partial charge in [0.25, 0.3) is 0 Å². The van der Waals surface area contributed by atoms with Crippen molar-refractivity contribution in [2.24, 2.45) is 0 Å². The summed E-state index contributed by atoms with van der Waals surface area (Å²) < 4.78 is 7.54. The minimum absolute atomic E-state index is 0.0206. The van der Waals surface area contributed by atoms with Gasteiger partial charge in [-0.25, -0.2) is 4.68 Å². The number of ether oxygens (including phenoxy) is 1. The fraction of sp³-hybridized carbons (Fsp3) is 0.562. The second-order valence-electron chi connectivity index (χ2n) is 6.92. The molecule has 1 aromatic heterocycles. The molecule has 2 aliphatic rings. The Kier molecular flexibility index (Phi) is 2.81. The number of nitrogens with zero attached hydrogens (tertiary/aromatic N) is 4. The lowest BCUT2D eigenvalue weighted by Crippen LogP contribution is -2.49. The van der Waals surface area contributed by atoms with E-state index in [1.807, 2.05) is 16.8 Å². The number of aryl methyl sites for hydroxylation is 1. The van der Waals surface area contributed by atoms with Gasteiger partial charge in [0.05, 0.1) is 12.1 Å². The third-order valence-corrected chi connectivity index (χ3v) is 5.28. The van der Waals surface area contributed by atoms with Gasteiger partial charge in [-0.2, -0.15) is 0 Å². The largest absolute Gasteiger partial charge is 0.508 e. The Labute approximate surface area is 129 Å². The van der Waals surface area contributed by atoms with E-state index in [-0.39, 0.29) is 11.0 Å². The van der Waals surface area contributed by atoms with E-state index in [1.54, 1.807) is 13.2 Å². The van der Waals surface area contributed by atoms with Crippen LogP contribution in [0, 0.1) is 0 Å². The molecular formula is C16H20N4O2. The van der Waals surface area contributed by atoms with Crippen LogP contribution in [0.2, 0.25) is 0 Å². The molecule has 116 valence electrons. The summed E-state index contributed by atoms with van der Waals surface area (Å²) in [6.45, 7) is 2.86.